The molecule has 5 heteroatoms. The molecule has 2 aromatic rings. The highest BCUT2D eigenvalue weighted by atomic mass is 16.5. The summed E-state index contributed by atoms with van der Waals surface area (Å²) in [5.74, 6) is 0.609. The standard InChI is InChI=1S/C15H22N4O/c1-11(2)19-15-13(8-18-19)6-14(9-17-15)16-7-12-4-3-5-20-10-12/h6,8-9,11-12,16H,3-5,7,10H2,1-2H3. The van der Waals surface area contributed by atoms with Crippen LogP contribution in [0, 0.1) is 5.92 Å². The molecule has 0 aliphatic carbocycles. The molecule has 1 unspecified atom stereocenters. The maximum Gasteiger partial charge on any atom is 0.158 e. The van der Waals surface area contributed by atoms with E-state index in [9.17, 15) is 0 Å². The second-order valence-electron chi connectivity index (χ2n) is 5.78. The zero-order chi connectivity index (χ0) is 13.9. The van der Waals surface area contributed by atoms with E-state index >= 15 is 0 Å². The summed E-state index contributed by atoms with van der Waals surface area (Å²) >= 11 is 0. The average molecular weight is 274 g/mol. The van der Waals surface area contributed by atoms with Crippen molar-refractivity contribution in [3.63, 3.8) is 0 Å². The summed E-state index contributed by atoms with van der Waals surface area (Å²) < 4.78 is 7.45. The number of nitrogens with one attached hydrogen (secondary N) is 1. The second-order valence-corrected chi connectivity index (χ2v) is 5.78. The second kappa shape index (κ2) is 5.79. The molecule has 0 aromatic carbocycles. The molecule has 1 fully saturated rings. The Labute approximate surface area is 119 Å². The van der Waals surface area contributed by atoms with Crippen LogP contribution in [0.25, 0.3) is 11.0 Å². The van der Waals surface area contributed by atoms with Gasteiger partial charge in [0.25, 0.3) is 0 Å². The van der Waals surface area contributed by atoms with E-state index in [4.69, 9.17) is 4.74 Å². The van der Waals surface area contributed by atoms with Crippen molar-refractivity contribution >= 4 is 16.7 Å². The molecule has 0 bridgehead atoms. The Morgan fingerprint density at radius 2 is 2.35 bits per heavy atom. The lowest BCUT2D eigenvalue weighted by molar-refractivity contribution is 0.0595. The molecule has 0 amide bonds. The number of rotatable bonds is 4. The van der Waals surface area contributed by atoms with E-state index in [1.807, 2.05) is 17.1 Å². The normalized spacial score (nSPS) is 19.6. The maximum atomic E-state index is 5.50. The molecule has 1 atom stereocenters. The van der Waals surface area contributed by atoms with Crippen molar-refractivity contribution in [2.75, 3.05) is 25.1 Å². The Hall–Kier alpha value is -1.62. The summed E-state index contributed by atoms with van der Waals surface area (Å²) in [7, 11) is 0. The van der Waals surface area contributed by atoms with E-state index in [0.717, 1.165) is 36.5 Å². The van der Waals surface area contributed by atoms with Gasteiger partial charge < -0.3 is 10.1 Å². The van der Waals surface area contributed by atoms with Gasteiger partial charge in [0.1, 0.15) is 0 Å². The fourth-order valence-electron chi connectivity index (χ4n) is 2.65. The van der Waals surface area contributed by atoms with Crippen LogP contribution in [-0.2, 0) is 4.74 Å². The van der Waals surface area contributed by atoms with E-state index in [1.54, 1.807) is 0 Å². The molecule has 0 spiro atoms. The van der Waals surface area contributed by atoms with E-state index in [0.29, 0.717) is 12.0 Å². The fourth-order valence-corrected chi connectivity index (χ4v) is 2.65. The quantitative estimate of drug-likeness (QED) is 0.931. The first-order valence-electron chi connectivity index (χ1n) is 7.39. The Balaban J connectivity index is 1.69. The zero-order valence-electron chi connectivity index (χ0n) is 12.2. The number of pyridine rings is 1. The third-order valence-electron chi connectivity index (χ3n) is 3.77. The van der Waals surface area contributed by atoms with Crippen molar-refractivity contribution in [1.29, 1.82) is 0 Å². The monoisotopic (exact) mass is 274 g/mol. The van der Waals surface area contributed by atoms with E-state index in [-0.39, 0.29) is 0 Å². The van der Waals surface area contributed by atoms with Crippen LogP contribution in [-0.4, -0.2) is 34.5 Å². The van der Waals surface area contributed by atoms with Crippen LogP contribution >= 0.6 is 0 Å². The highest BCUT2D eigenvalue weighted by Gasteiger charge is 2.14. The SMILES string of the molecule is CC(C)n1ncc2cc(NCC3CCCOC3)cnc21. The number of hydrogen-bond donors (Lipinski definition) is 1. The van der Waals surface area contributed by atoms with Gasteiger partial charge in [0, 0.05) is 24.6 Å². The van der Waals surface area contributed by atoms with Crippen molar-refractivity contribution in [3.8, 4) is 0 Å². The van der Waals surface area contributed by atoms with E-state index in [2.05, 4.69) is 35.3 Å². The third-order valence-corrected chi connectivity index (χ3v) is 3.77. The van der Waals surface area contributed by atoms with Gasteiger partial charge in [0.05, 0.1) is 24.7 Å². The molecule has 3 heterocycles. The molecule has 0 saturated carbocycles. The summed E-state index contributed by atoms with van der Waals surface area (Å²) in [5.41, 5.74) is 2.01. The number of fused-ring (bicyclic) bond motifs is 1. The molecule has 1 N–H and O–H groups in total. The topological polar surface area (TPSA) is 52.0 Å². The first kappa shape index (κ1) is 13.4. The van der Waals surface area contributed by atoms with Crippen molar-refractivity contribution < 1.29 is 4.74 Å². The molecule has 108 valence electrons. The Morgan fingerprint density at radius 1 is 1.45 bits per heavy atom. The lowest BCUT2D eigenvalue weighted by Gasteiger charge is -2.22. The van der Waals surface area contributed by atoms with Crippen LogP contribution in [0.1, 0.15) is 32.7 Å². The van der Waals surface area contributed by atoms with Crippen molar-refractivity contribution in [2.45, 2.75) is 32.7 Å². The van der Waals surface area contributed by atoms with Crippen LogP contribution in [0.2, 0.25) is 0 Å². The average Bonchev–Trinajstić information content (AvgIpc) is 2.89. The molecular formula is C15H22N4O. The van der Waals surface area contributed by atoms with Crippen LogP contribution in [0.4, 0.5) is 5.69 Å². The van der Waals surface area contributed by atoms with Gasteiger partial charge in [-0.2, -0.15) is 5.10 Å². The molecule has 1 aliphatic heterocycles. The fraction of sp³-hybridized carbons (Fsp3) is 0.600. The predicted molar refractivity (Wildman–Crippen MR) is 79.9 cm³/mol. The van der Waals surface area contributed by atoms with E-state index in [1.165, 1.54) is 12.8 Å². The molecule has 20 heavy (non-hydrogen) atoms. The number of ether oxygens (including phenoxy) is 1. The Kier molecular flexibility index (Phi) is 3.87. The van der Waals surface area contributed by atoms with Gasteiger partial charge >= 0.3 is 0 Å². The Bertz CT molecular complexity index is 572. The van der Waals surface area contributed by atoms with Crippen LogP contribution < -0.4 is 5.32 Å². The maximum absolute atomic E-state index is 5.50. The molecule has 0 radical (unpaired) electrons. The third kappa shape index (κ3) is 2.77. The summed E-state index contributed by atoms with van der Waals surface area (Å²) in [6.07, 6.45) is 6.20. The minimum atomic E-state index is 0.332. The van der Waals surface area contributed by atoms with Gasteiger partial charge in [-0.05, 0) is 38.7 Å². The molecule has 5 nitrogen and oxygen atoms in total. The highest BCUT2D eigenvalue weighted by molar-refractivity contribution is 5.78. The Morgan fingerprint density at radius 3 is 3.10 bits per heavy atom. The minimum Gasteiger partial charge on any atom is -0.383 e. The summed E-state index contributed by atoms with van der Waals surface area (Å²) in [4.78, 5) is 4.53. The first-order valence-corrected chi connectivity index (χ1v) is 7.39. The largest absolute Gasteiger partial charge is 0.383 e. The molecule has 2 aromatic heterocycles. The molecule has 3 rings (SSSR count). The number of aromatic nitrogens is 3. The van der Waals surface area contributed by atoms with Crippen LogP contribution in [0.5, 0.6) is 0 Å². The summed E-state index contributed by atoms with van der Waals surface area (Å²) in [5, 5.41) is 8.94. The summed E-state index contributed by atoms with van der Waals surface area (Å²) in [6, 6.07) is 2.45. The number of nitrogens with zero attached hydrogens (tertiary/aromatic N) is 3. The van der Waals surface area contributed by atoms with Gasteiger partial charge in [0.15, 0.2) is 5.65 Å². The van der Waals surface area contributed by atoms with Gasteiger partial charge in [-0.1, -0.05) is 0 Å². The number of anilines is 1. The zero-order valence-corrected chi connectivity index (χ0v) is 12.2. The van der Waals surface area contributed by atoms with E-state index < -0.39 is 0 Å². The molecule has 1 aliphatic rings. The first-order chi connectivity index (χ1) is 9.74. The summed E-state index contributed by atoms with van der Waals surface area (Å²) in [6.45, 7) is 6.96. The van der Waals surface area contributed by atoms with Crippen molar-refractivity contribution in [2.24, 2.45) is 5.92 Å². The van der Waals surface area contributed by atoms with Gasteiger partial charge in [-0.15, -0.1) is 0 Å². The number of hydrogen-bond acceptors (Lipinski definition) is 4. The van der Waals surface area contributed by atoms with Gasteiger partial charge in [0.2, 0.25) is 0 Å². The molecule has 1 saturated heterocycles. The smallest absolute Gasteiger partial charge is 0.158 e. The van der Waals surface area contributed by atoms with Crippen LogP contribution in [0.3, 0.4) is 0 Å². The van der Waals surface area contributed by atoms with Crippen LogP contribution in [0.15, 0.2) is 18.5 Å². The van der Waals surface area contributed by atoms with Crippen molar-refractivity contribution in [1.82, 2.24) is 14.8 Å². The highest BCUT2D eigenvalue weighted by Crippen LogP contribution is 2.20. The van der Waals surface area contributed by atoms with Gasteiger partial charge in [-0.25, -0.2) is 9.67 Å². The molecular weight excluding hydrogens is 252 g/mol. The van der Waals surface area contributed by atoms with Crippen molar-refractivity contribution in [3.05, 3.63) is 18.5 Å². The predicted octanol–water partition coefficient (Wildman–Crippen LogP) is 2.85. The van der Waals surface area contributed by atoms with Gasteiger partial charge in [-0.3, -0.25) is 0 Å². The lowest BCUT2D eigenvalue weighted by Crippen LogP contribution is -2.24. The lowest BCUT2D eigenvalue weighted by atomic mass is 10.0. The minimum absolute atomic E-state index is 0.332.